The van der Waals surface area contributed by atoms with Gasteiger partial charge in [-0.2, -0.15) is 0 Å². The number of aliphatic hydroxyl groups excluding tert-OH is 2. The molecule has 6 rings (SSSR count). The van der Waals surface area contributed by atoms with Crippen LogP contribution in [0.3, 0.4) is 0 Å². The first-order chi connectivity index (χ1) is 17.6. The number of halogens is 1. The summed E-state index contributed by atoms with van der Waals surface area (Å²) in [6, 6.07) is 5.22. The summed E-state index contributed by atoms with van der Waals surface area (Å²) in [7, 11) is 0. The van der Waals surface area contributed by atoms with Gasteiger partial charge in [-0.1, -0.05) is 38.4 Å². The molecule has 0 spiro atoms. The molecule has 6 heteroatoms. The van der Waals surface area contributed by atoms with Crippen molar-refractivity contribution in [3.05, 3.63) is 39.5 Å². The Morgan fingerprint density at radius 3 is 2.65 bits per heavy atom. The molecule has 5 nitrogen and oxygen atoms in total. The molecule has 37 heavy (non-hydrogen) atoms. The van der Waals surface area contributed by atoms with E-state index in [1.54, 1.807) is 18.2 Å². The minimum atomic E-state index is -0.366. The lowest BCUT2D eigenvalue weighted by Gasteiger charge is -2.62. The molecule has 1 aromatic heterocycles. The lowest BCUT2D eigenvalue weighted by Crippen LogP contribution is -2.58. The lowest BCUT2D eigenvalue weighted by atomic mass is 9.43. The number of para-hydroxylation sites is 1. The SMILES string of the molecule is C[C@H](CCc1nc2c(Cl)cccc2c(=O)o1)[C@H]1CC[C@H]2[C@H]3C(CC[C@]12C)[C@@]1(C)CC[C@@H](O)C[C@H]1C[C@@H]3O. The summed E-state index contributed by atoms with van der Waals surface area (Å²) in [5.74, 6) is 3.52. The van der Waals surface area contributed by atoms with Crippen LogP contribution in [0.4, 0.5) is 0 Å². The second kappa shape index (κ2) is 9.34. The molecule has 0 saturated heterocycles. The third-order valence-corrected chi connectivity index (χ3v) is 12.2. The molecule has 0 aliphatic heterocycles. The average Bonchev–Trinajstić information content (AvgIpc) is 3.21. The van der Waals surface area contributed by atoms with Crippen LogP contribution in [0, 0.1) is 46.3 Å². The van der Waals surface area contributed by atoms with E-state index >= 15 is 0 Å². The fourth-order valence-corrected chi connectivity index (χ4v) is 10.2. The minimum Gasteiger partial charge on any atom is -0.408 e. The van der Waals surface area contributed by atoms with Crippen molar-refractivity contribution in [1.82, 2.24) is 4.98 Å². The standard InChI is InChI=1S/C31H42ClNO4/c1-17(7-10-26-33-28-20(29(36)37-26)5-4-6-24(28)32)21-8-9-22-27-23(12-14-31(21,22)3)30(2)13-11-19(34)15-18(30)16-25(27)35/h4-6,17-19,21-23,25,27,34-35H,7-16H2,1-3H3/t17-,18+,19-,21-,22+,23?,25+,27+,30+,31-/m1/s1. The predicted octanol–water partition coefficient (Wildman–Crippen LogP) is 6.40. The quantitative estimate of drug-likeness (QED) is 0.480. The molecule has 4 aliphatic carbocycles. The van der Waals surface area contributed by atoms with Crippen molar-refractivity contribution in [2.75, 3.05) is 0 Å². The van der Waals surface area contributed by atoms with Gasteiger partial charge in [-0.25, -0.2) is 9.78 Å². The number of benzene rings is 1. The smallest absolute Gasteiger partial charge is 0.346 e. The van der Waals surface area contributed by atoms with Crippen molar-refractivity contribution >= 4 is 22.5 Å². The van der Waals surface area contributed by atoms with E-state index in [2.05, 4.69) is 25.8 Å². The maximum absolute atomic E-state index is 12.5. The van der Waals surface area contributed by atoms with Crippen molar-refractivity contribution in [2.24, 2.45) is 46.3 Å². The topological polar surface area (TPSA) is 83.6 Å². The fourth-order valence-electron chi connectivity index (χ4n) is 9.94. The maximum atomic E-state index is 12.5. The Balaban J connectivity index is 1.19. The predicted molar refractivity (Wildman–Crippen MR) is 145 cm³/mol. The van der Waals surface area contributed by atoms with E-state index in [-0.39, 0.29) is 28.7 Å². The molecular formula is C31H42ClNO4. The number of hydrogen-bond donors (Lipinski definition) is 2. The van der Waals surface area contributed by atoms with Crippen molar-refractivity contribution < 1.29 is 14.6 Å². The van der Waals surface area contributed by atoms with E-state index in [4.69, 9.17) is 16.0 Å². The molecule has 2 N–H and O–H groups in total. The molecule has 0 amide bonds. The molecule has 2 aromatic rings. The number of rotatable bonds is 4. The number of aromatic nitrogens is 1. The van der Waals surface area contributed by atoms with Crippen LogP contribution >= 0.6 is 11.6 Å². The summed E-state index contributed by atoms with van der Waals surface area (Å²) in [5, 5.41) is 22.7. The largest absolute Gasteiger partial charge is 0.408 e. The van der Waals surface area contributed by atoms with Gasteiger partial charge >= 0.3 is 5.63 Å². The van der Waals surface area contributed by atoms with E-state index in [1.807, 2.05) is 0 Å². The van der Waals surface area contributed by atoms with Gasteiger partial charge in [-0.15, -0.1) is 0 Å². The summed E-state index contributed by atoms with van der Waals surface area (Å²) in [4.78, 5) is 17.1. The highest BCUT2D eigenvalue weighted by Gasteiger charge is 2.62. The average molecular weight is 528 g/mol. The van der Waals surface area contributed by atoms with Crippen molar-refractivity contribution in [1.29, 1.82) is 0 Å². The molecule has 202 valence electrons. The monoisotopic (exact) mass is 527 g/mol. The van der Waals surface area contributed by atoms with E-state index in [1.165, 1.54) is 25.7 Å². The van der Waals surface area contributed by atoms with Crippen LogP contribution in [-0.2, 0) is 6.42 Å². The van der Waals surface area contributed by atoms with Gasteiger partial charge in [0.05, 0.1) is 28.1 Å². The molecule has 1 aromatic carbocycles. The normalized spacial score (nSPS) is 42.2. The number of aliphatic hydroxyl groups is 2. The number of nitrogens with zero attached hydrogens (tertiary/aromatic N) is 1. The van der Waals surface area contributed by atoms with Crippen LogP contribution < -0.4 is 5.63 Å². The summed E-state index contributed by atoms with van der Waals surface area (Å²) in [5.41, 5.74) is 0.659. The Bertz CT molecular complexity index is 1230. The van der Waals surface area contributed by atoms with Crippen LogP contribution in [0.2, 0.25) is 5.02 Å². The third kappa shape index (κ3) is 4.10. The second-order valence-corrected chi connectivity index (χ2v) is 13.9. The first-order valence-electron chi connectivity index (χ1n) is 14.6. The Kier molecular flexibility index (Phi) is 6.52. The highest BCUT2D eigenvalue weighted by molar-refractivity contribution is 6.34. The Labute approximate surface area is 225 Å². The summed E-state index contributed by atoms with van der Waals surface area (Å²) in [6.45, 7) is 7.33. The van der Waals surface area contributed by atoms with Crippen LogP contribution in [0.15, 0.2) is 27.4 Å². The molecule has 4 aliphatic rings. The highest BCUT2D eigenvalue weighted by Crippen LogP contribution is 2.68. The van der Waals surface area contributed by atoms with E-state index in [0.29, 0.717) is 63.7 Å². The Morgan fingerprint density at radius 1 is 1.08 bits per heavy atom. The lowest BCUT2D eigenvalue weighted by molar-refractivity contribution is -0.174. The van der Waals surface area contributed by atoms with Crippen molar-refractivity contribution in [2.45, 2.75) is 97.2 Å². The molecule has 4 fully saturated rings. The van der Waals surface area contributed by atoms with Crippen molar-refractivity contribution in [3.8, 4) is 0 Å². The van der Waals surface area contributed by atoms with Crippen LogP contribution in [0.5, 0.6) is 0 Å². The van der Waals surface area contributed by atoms with Crippen LogP contribution in [0.1, 0.15) is 84.4 Å². The zero-order valence-corrected chi connectivity index (χ0v) is 23.2. The summed E-state index contributed by atoms with van der Waals surface area (Å²) in [6.07, 6.45) is 9.69. The summed E-state index contributed by atoms with van der Waals surface area (Å²) < 4.78 is 5.57. The number of hydrogen-bond acceptors (Lipinski definition) is 5. The first kappa shape index (κ1) is 25.8. The van der Waals surface area contributed by atoms with Crippen molar-refractivity contribution in [3.63, 3.8) is 0 Å². The van der Waals surface area contributed by atoms with Gasteiger partial charge in [0.2, 0.25) is 0 Å². The Morgan fingerprint density at radius 2 is 1.84 bits per heavy atom. The second-order valence-electron chi connectivity index (χ2n) is 13.5. The number of aryl methyl sites for hydroxylation is 1. The zero-order valence-electron chi connectivity index (χ0n) is 22.5. The fraction of sp³-hybridized carbons (Fsp3) is 0.742. The molecule has 0 bridgehead atoms. The molecular weight excluding hydrogens is 486 g/mol. The molecule has 10 atom stereocenters. The minimum absolute atomic E-state index is 0.190. The molecule has 1 heterocycles. The van der Waals surface area contributed by atoms with Gasteiger partial charge in [0.15, 0.2) is 5.89 Å². The highest BCUT2D eigenvalue weighted by atomic mass is 35.5. The van der Waals surface area contributed by atoms with Gasteiger partial charge in [-0.05, 0) is 116 Å². The van der Waals surface area contributed by atoms with Gasteiger partial charge in [0.25, 0.3) is 0 Å². The number of fused-ring (bicyclic) bond motifs is 6. The van der Waals surface area contributed by atoms with Gasteiger partial charge in [0.1, 0.15) is 0 Å². The van der Waals surface area contributed by atoms with Gasteiger partial charge < -0.3 is 14.6 Å². The molecule has 4 saturated carbocycles. The van der Waals surface area contributed by atoms with E-state index in [9.17, 15) is 15.0 Å². The molecule has 1 unspecified atom stereocenters. The Hall–Kier alpha value is -1.43. The summed E-state index contributed by atoms with van der Waals surface area (Å²) >= 11 is 6.31. The van der Waals surface area contributed by atoms with E-state index in [0.717, 1.165) is 32.1 Å². The van der Waals surface area contributed by atoms with Gasteiger partial charge in [0, 0.05) is 6.42 Å². The zero-order chi connectivity index (χ0) is 26.1. The van der Waals surface area contributed by atoms with E-state index < -0.39 is 0 Å². The third-order valence-electron chi connectivity index (χ3n) is 11.9. The van der Waals surface area contributed by atoms with Gasteiger partial charge in [-0.3, -0.25) is 0 Å². The first-order valence-corrected chi connectivity index (χ1v) is 14.9. The van der Waals surface area contributed by atoms with Crippen LogP contribution in [0.25, 0.3) is 10.9 Å². The van der Waals surface area contributed by atoms with Crippen LogP contribution in [-0.4, -0.2) is 27.4 Å². The maximum Gasteiger partial charge on any atom is 0.346 e. The molecule has 0 radical (unpaired) electrons.